The molecular formula is C25H24FN5O3S. The summed E-state index contributed by atoms with van der Waals surface area (Å²) < 4.78 is 17.5. The second kappa shape index (κ2) is 9.18. The lowest BCUT2D eigenvalue weighted by molar-refractivity contribution is -0.129. The van der Waals surface area contributed by atoms with Crippen LogP contribution < -0.4 is 11.2 Å². The average molecular weight is 494 g/mol. The van der Waals surface area contributed by atoms with Crippen LogP contribution in [0.4, 0.5) is 4.39 Å². The van der Waals surface area contributed by atoms with Gasteiger partial charge in [-0.05, 0) is 35.2 Å². The number of hydrogen-bond acceptors (Lipinski definition) is 5. The monoisotopic (exact) mass is 493 g/mol. The Hall–Kier alpha value is -3.66. The van der Waals surface area contributed by atoms with E-state index in [2.05, 4.69) is 11.1 Å². The first kappa shape index (κ1) is 23.1. The molecule has 1 amide bonds. The van der Waals surface area contributed by atoms with Crippen molar-refractivity contribution in [3.8, 4) is 0 Å². The van der Waals surface area contributed by atoms with Gasteiger partial charge < -0.3 is 9.47 Å². The number of amides is 1. The summed E-state index contributed by atoms with van der Waals surface area (Å²) in [7, 11) is 2.98. The Bertz CT molecular complexity index is 1550. The zero-order valence-corrected chi connectivity index (χ0v) is 20.2. The highest BCUT2D eigenvalue weighted by molar-refractivity contribution is 7.99. The van der Waals surface area contributed by atoms with Crippen LogP contribution in [0.2, 0.25) is 0 Å². The number of thioether (sulfide) groups is 1. The summed E-state index contributed by atoms with van der Waals surface area (Å²) in [4.78, 5) is 44.9. The summed E-state index contributed by atoms with van der Waals surface area (Å²) in [5, 5.41) is 0.452. The van der Waals surface area contributed by atoms with Crippen molar-refractivity contribution in [2.45, 2.75) is 24.7 Å². The molecule has 1 aliphatic rings. The van der Waals surface area contributed by atoms with Gasteiger partial charge in [-0.25, -0.2) is 14.2 Å². The fourth-order valence-electron chi connectivity index (χ4n) is 4.38. The molecule has 0 N–H and O–H groups in total. The maximum atomic E-state index is 13.4. The van der Waals surface area contributed by atoms with E-state index in [1.807, 2.05) is 23.1 Å². The molecule has 0 atom stereocenters. The topological polar surface area (TPSA) is 82.1 Å². The van der Waals surface area contributed by atoms with Crippen LogP contribution >= 0.6 is 11.8 Å². The van der Waals surface area contributed by atoms with E-state index in [0.717, 1.165) is 22.1 Å². The second-order valence-electron chi connectivity index (χ2n) is 8.61. The predicted octanol–water partition coefficient (Wildman–Crippen LogP) is 2.30. The third-order valence-corrected chi connectivity index (χ3v) is 7.34. The lowest BCUT2D eigenvalue weighted by Crippen LogP contribution is -2.37. The van der Waals surface area contributed by atoms with Gasteiger partial charge in [0.15, 0.2) is 16.3 Å². The highest BCUT2D eigenvalue weighted by Gasteiger charge is 2.23. The molecule has 8 nitrogen and oxygen atoms in total. The number of carbonyl (C=O) groups is 1. The minimum Gasteiger partial charge on any atom is -0.337 e. The average Bonchev–Trinajstić information content (AvgIpc) is 3.23. The fourth-order valence-corrected chi connectivity index (χ4v) is 5.28. The highest BCUT2D eigenvalue weighted by Crippen LogP contribution is 2.25. The van der Waals surface area contributed by atoms with Gasteiger partial charge in [-0.15, -0.1) is 0 Å². The van der Waals surface area contributed by atoms with Gasteiger partial charge in [-0.1, -0.05) is 48.2 Å². The van der Waals surface area contributed by atoms with Crippen molar-refractivity contribution >= 4 is 28.8 Å². The zero-order chi connectivity index (χ0) is 24.7. The van der Waals surface area contributed by atoms with Gasteiger partial charge in [0.25, 0.3) is 5.56 Å². The normalized spacial score (nSPS) is 13.3. The summed E-state index contributed by atoms with van der Waals surface area (Å²) in [6, 6.07) is 14.1. The maximum absolute atomic E-state index is 13.4. The third-order valence-electron chi connectivity index (χ3n) is 6.37. The van der Waals surface area contributed by atoms with E-state index in [4.69, 9.17) is 0 Å². The molecule has 0 radical (unpaired) electrons. The molecule has 1 aliphatic heterocycles. The first-order valence-electron chi connectivity index (χ1n) is 11.2. The van der Waals surface area contributed by atoms with Crippen molar-refractivity contribution in [2.75, 3.05) is 12.3 Å². The number of nitrogens with zero attached hydrogens (tertiary/aromatic N) is 5. The minimum atomic E-state index is -0.478. The van der Waals surface area contributed by atoms with Crippen LogP contribution in [0.25, 0.3) is 11.2 Å². The summed E-state index contributed by atoms with van der Waals surface area (Å²) in [5.41, 5.74) is 2.75. The molecule has 2 aromatic heterocycles. The summed E-state index contributed by atoms with van der Waals surface area (Å²) in [6.45, 7) is 1.46. The molecule has 2 aromatic carbocycles. The van der Waals surface area contributed by atoms with Crippen molar-refractivity contribution in [3.63, 3.8) is 0 Å². The SMILES string of the molecule is Cn1c(=O)c2c(nc(SCC(=O)N3CCc4ccccc4C3)n2Cc2ccc(F)cc2)n(C)c1=O. The molecule has 10 heteroatoms. The number of rotatable bonds is 5. The molecule has 3 heterocycles. The number of hydrogen-bond donors (Lipinski definition) is 0. The molecule has 5 rings (SSSR count). The Labute approximate surface area is 204 Å². The Morgan fingerprint density at radius 3 is 2.49 bits per heavy atom. The largest absolute Gasteiger partial charge is 0.337 e. The molecule has 0 spiro atoms. The molecule has 180 valence electrons. The lowest BCUT2D eigenvalue weighted by Gasteiger charge is -2.28. The number of imidazole rings is 1. The van der Waals surface area contributed by atoms with Crippen LogP contribution in [0, 0.1) is 5.82 Å². The van der Waals surface area contributed by atoms with E-state index in [1.54, 1.807) is 23.7 Å². The van der Waals surface area contributed by atoms with Crippen molar-refractivity contribution in [3.05, 3.63) is 91.9 Å². The first-order valence-corrected chi connectivity index (χ1v) is 12.2. The van der Waals surface area contributed by atoms with Crippen molar-refractivity contribution < 1.29 is 9.18 Å². The van der Waals surface area contributed by atoms with Crippen LogP contribution in [0.3, 0.4) is 0 Å². The Kier molecular flexibility index (Phi) is 6.06. The van der Waals surface area contributed by atoms with E-state index < -0.39 is 11.2 Å². The lowest BCUT2D eigenvalue weighted by atomic mass is 10.00. The second-order valence-corrected chi connectivity index (χ2v) is 9.55. The van der Waals surface area contributed by atoms with Gasteiger partial charge in [0.1, 0.15) is 5.82 Å². The van der Waals surface area contributed by atoms with Gasteiger partial charge in [-0.3, -0.25) is 18.7 Å². The number of aryl methyl sites for hydroxylation is 1. The minimum absolute atomic E-state index is 0.0216. The van der Waals surface area contributed by atoms with Crippen LogP contribution in [0.15, 0.2) is 63.3 Å². The molecular weight excluding hydrogens is 469 g/mol. The number of aromatic nitrogens is 4. The smallest absolute Gasteiger partial charge is 0.332 e. The molecule has 0 bridgehead atoms. The van der Waals surface area contributed by atoms with Gasteiger partial charge in [0.2, 0.25) is 5.91 Å². The number of fused-ring (bicyclic) bond motifs is 2. The predicted molar refractivity (Wildman–Crippen MR) is 132 cm³/mol. The zero-order valence-electron chi connectivity index (χ0n) is 19.4. The highest BCUT2D eigenvalue weighted by atomic mass is 32.2. The van der Waals surface area contributed by atoms with E-state index in [1.165, 1.54) is 41.1 Å². The molecule has 35 heavy (non-hydrogen) atoms. The van der Waals surface area contributed by atoms with Crippen molar-refractivity contribution in [1.29, 1.82) is 0 Å². The first-order chi connectivity index (χ1) is 16.8. The fraction of sp³-hybridized carbons (Fsp3) is 0.280. The molecule has 0 aliphatic carbocycles. The van der Waals surface area contributed by atoms with Gasteiger partial charge >= 0.3 is 5.69 Å². The van der Waals surface area contributed by atoms with E-state index in [0.29, 0.717) is 18.2 Å². The van der Waals surface area contributed by atoms with E-state index in [9.17, 15) is 18.8 Å². The molecule has 0 saturated heterocycles. The number of benzene rings is 2. The number of halogens is 1. The van der Waals surface area contributed by atoms with Gasteiger partial charge in [0.05, 0.1) is 12.3 Å². The molecule has 0 fully saturated rings. The Morgan fingerprint density at radius 1 is 1.03 bits per heavy atom. The number of carbonyl (C=O) groups excluding carboxylic acids is 1. The van der Waals surface area contributed by atoms with Crippen LogP contribution in [0.5, 0.6) is 0 Å². The quantitative estimate of drug-likeness (QED) is 0.399. The van der Waals surface area contributed by atoms with E-state index >= 15 is 0 Å². The van der Waals surface area contributed by atoms with Gasteiger partial charge in [0, 0.05) is 27.2 Å². The third kappa shape index (κ3) is 4.29. The Balaban J connectivity index is 1.47. The van der Waals surface area contributed by atoms with Crippen molar-refractivity contribution in [1.82, 2.24) is 23.6 Å². The van der Waals surface area contributed by atoms with Crippen LogP contribution in [-0.2, 0) is 38.4 Å². The van der Waals surface area contributed by atoms with Crippen LogP contribution in [0.1, 0.15) is 16.7 Å². The summed E-state index contributed by atoms with van der Waals surface area (Å²) in [6.07, 6.45) is 0.813. The van der Waals surface area contributed by atoms with Crippen molar-refractivity contribution in [2.24, 2.45) is 14.1 Å². The molecule has 4 aromatic rings. The van der Waals surface area contributed by atoms with Gasteiger partial charge in [-0.2, -0.15) is 0 Å². The maximum Gasteiger partial charge on any atom is 0.332 e. The molecule has 0 saturated carbocycles. The molecule has 0 unspecified atom stereocenters. The summed E-state index contributed by atoms with van der Waals surface area (Å²) in [5.74, 6) is -0.235. The standard InChI is InChI=1S/C25H24FN5O3S/c1-28-22-21(23(33)29(2)25(28)34)31(13-16-7-9-19(26)10-8-16)24(27-22)35-15-20(32)30-12-11-17-5-3-4-6-18(17)14-30/h3-10H,11-15H2,1-2H3. The Morgan fingerprint density at radius 2 is 1.74 bits per heavy atom. The summed E-state index contributed by atoms with van der Waals surface area (Å²) >= 11 is 1.23. The van der Waals surface area contributed by atoms with Crippen LogP contribution in [-0.4, -0.2) is 41.8 Å². The van der Waals surface area contributed by atoms with E-state index in [-0.39, 0.29) is 35.2 Å².